The van der Waals surface area contributed by atoms with Crippen LogP contribution >= 0.6 is 0 Å². The third-order valence-corrected chi connectivity index (χ3v) is 2.64. The number of hydrogen-bond donors (Lipinski definition) is 2. The Hall–Kier alpha value is -2.04. The smallest absolute Gasteiger partial charge is 0.412 e. The van der Waals surface area contributed by atoms with Crippen LogP contribution in [0, 0.1) is 0 Å². The van der Waals surface area contributed by atoms with Gasteiger partial charge in [0.1, 0.15) is 5.60 Å². The average molecular weight is 279 g/mol. The van der Waals surface area contributed by atoms with Crippen molar-refractivity contribution in [2.75, 3.05) is 5.32 Å². The minimum absolute atomic E-state index is 0.491. The number of anilines is 1. The van der Waals surface area contributed by atoms with Gasteiger partial charge in [0.15, 0.2) is 0 Å². The zero-order valence-corrected chi connectivity index (χ0v) is 12.3. The second kappa shape index (κ2) is 6.41. The van der Waals surface area contributed by atoms with Crippen molar-refractivity contribution in [3.8, 4) is 0 Å². The molecule has 0 aliphatic heterocycles. The number of nitrogens with one attached hydrogen (secondary N) is 1. The second-order valence-corrected chi connectivity index (χ2v) is 5.55. The van der Waals surface area contributed by atoms with E-state index in [9.17, 15) is 9.59 Å². The Morgan fingerprint density at radius 1 is 1.35 bits per heavy atom. The topological polar surface area (TPSA) is 75.6 Å². The lowest BCUT2D eigenvalue weighted by Crippen LogP contribution is -2.27. The molecule has 0 fully saturated rings. The van der Waals surface area contributed by atoms with Gasteiger partial charge in [-0.3, -0.25) is 10.1 Å². The fraction of sp³-hybridized carbons (Fsp3) is 0.467. The van der Waals surface area contributed by atoms with Crippen LogP contribution < -0.4 is 5.32 Å². The van der Waals surface area contributed by atoms with E-state index in [2.05, 4.69) is 5.32 Å². The van der Waals surface area contributed by atoms with Gasteiger partial charge in [-0.1, -0.05) is 19.1 Å². The molecule has 5 heteroatoms. The standard InChI is InChI=1S/C15H21NO4/c1-5-12(13(17)18)10-7-6-8-11(9-10)16-14(19)20-15(2,3)4/h6-9,12H,5H2,1-4H3,(H,16,19)(H,17,18). The number of hydrogen-bond acceptors (Lipinski definition) is 3. The van der Waals surface area contributed by atoms with Crippen molar-refractivity contribution in [3.05, 3.63) is 29.8 Å². The van der Waals surface area contributed by atoms with Crippen LogP contribution in [0.4, 0.5) is 10.5 Å². The molecule has 0 saturated carbocycles. The first kappa shape index (κ1) is 16.0. The summed E-state index contributed by atoms with van der Waals surface area (Å²) in [7, 11) is 0. The van der Waals surface area contributed by atoms with E-state index in [0.29, 0.717) is 17.7 Å². The molecular formula is C15H21NO4. The Kier molecular flexibility index (Phi) is 5.13. The van der Waals surface area contributed by atoms with Gasteiger partial charge >= 0.3 is 12.1 Å². The number of carbonyl (C=O) groups excluding carboxylic acids is 1. The summed E-state index contributed by atoms with van der Waals surface area (Å²) < 4.78 is 5.15. The Bertz CT molecular complexity index is 491. The molecule has 0 saturated heterocycles. The summed E-state index contributed by atoms with van der Waals surface area (Å²) >= 11 is 0. The average Bonchev–Trinajstić information content (AvgIpc) is 2.26. The van der Waals surface area contributed by atoms with Crippen LogP contribution in [0.1, 0.15) is 45.6 Å². The van der Waals surface area contributed by atoms with Gasteiger partial charge in [-0.05, 0) is 44.9 Å². The molecule has 0 aliphatic carbocycles. The van der Waals surface area contributed by atoms with E-state index in [0.717, 1.165) is 0 Å². The van der Waals surface area contributed by atoms with E-state index in [4.69, 9.17) is 9.84 Å². The monoisotopic (exact) mass is 279 g/mol. The molecule has 1 aromatic carbocycles. The zero-order chi connectivity index (χ0) is 15.3. The SMILES string of the molecule is CCC(C(=O)O)c1cccc(NC(=O)OC(C)(C)C)c1. The van der Waals surface area contributed by atoms with E-state index < -0.39 is 23.6 Å². The molecule has 0 spiro atoms. The number of aliphatic carboxylic acids is 1. The second-order valence-electron chi connectivity index (χ2n) is 5.55. The quantitative estimate of drug-likeness (QED) is 0.882. The Balaban J connectivity index is 2.83. The number of amides is 1. The lowest BCUT2D eigenvalue weighted by molar-refractivity contribution is -0.138. The van der Waals surface area contributed by atoms with Crippen molar-refractivity contribution in [3.63, 3.8) is 0 Å². The maximum absolute atomic E-state index is 11.7. The molecule has 20 heavy (non-hydrogen) atoms. The third-order valence-electron chi connectivity index (χ3n) is 2.64. The highest BCUT2D eigenvalue weighted by molar-refractivity contribution is 5.85. The summed E-state index contributed by atoms with van der Waals surface area (Å²) in [5.41, 5.74) is 0.611. The van der Waals surface area contributed by atoms with Gasteiger partial charge in [-0.25, -0.2) is 4.79 Å². The molecule has 1 atom stereocenters. The van der Waals surface area contributed by atoms with Gasteiger partial charge in [0.2, 0.25) is 0 Å². The number of rotatable bonds is 4. The first-order chi connectivity index (χ1) is 9.23. The molecule has 0 heterocycles. The van der Waals surface area contributed by atoms with E-state index in [-0.39, 0.29) is 0 Å². The normalized spacial score (nSPS) is 12.6. The van der Waals surface area contributed by atoms with Gasteiger partial charge in [-0.2, -0.15) is 0 Å². The van der Waals surface area contributed by atoms with Crippen molar-refractivity contribution in [2.45, 2.75) is 45.6 Å². The van der Waals surface area contributed by atoms with Crippen molar-refractivity contribution in [1.29, 1.82) is 0 Å². The first-order valence-corrected chi connectivity index (χ1v) is 6.55. The molecule has 1 amide bonds. The minimum atomic E-state index is -0.873. The van der Waals surface area contributed by atoms with Crippen molar-refractivity contribution in [1.82, 2.24) is 0 Å². The Morgan fingerprint density at radius 2 is 2.00 bits per heavy atom. The number of carboxylic acid groups (broad SMARTS) is 1. The molecule has 0 radical (unpaired) electrons. The van der Waals surface area contributed by atoms with Crippen LogP contribution in [0.2, 0.25) is 0 Å². The zero-order valence-electron chi connectivity index (χ0n) is 12.3. The van der Waals surface area contributed by atoms with Gasteiger partial charge in [0, 0.05) is 5.69 Å². The minimum Gasteiger partial charge on any atom is -0.481 e. The number of ether oxygens (including phenoxy) is 1. The summed E-state index contributed by atoms with van der Waals surface area (Å²) in [4.78, 5) is 22.8. The molecule has 1 rings (SSSR count). The number of carbonyl (C=O) groups is 2. The molecule has 1 aromatic rings. The van der Waals surface area contributed by atoms with Crippen LogP contribution in [-0.2, 0) is 9.53 Å². The van der Waals surface area contributed by atoms with Gasteiger partial charge in [-0.15, -0.1) is 0 Å². The molecule has 1 unspecified atom stereocenters. The van der Waals surface area contributed by atoms with Crippen molar-refractivity contribution in [2.24, 2.45) is 0 Å². The van der Waals surface area contributed by atoms with E-state index in [1.54, 1.807) is 45.0 Å². The summed E-state index contributed by atoms with van der Waals surface area (Å²) in [6.07, 6.45) is -0.0661. The predicted molar refractivity (Wildman–Crippen MR) is 77.0 cm³/mol. The largest absolute Gasteiger partial charge is 0.481 e. The molecule has 110 valence electrons. The van der Waals surface area contributed by atoms with Gasteiger partial charge < -0.3 is 9.84 Å². The lowest BCUT2D eigenvalue weighted by atomic mass is 9.96. The number of benzene rings is 1. The summed E-state index contributed by atoms with van der Waals surface area (Å²) in [5.74, 6) is -1.45. The molecule has 5 nitrogen and oxygen atoms in total. The van der Waals surface area contributed by atoms with Gasteiger partial charge in [0.05, 0.1) is 5.92 Å². The molecule has 0 bridgehead atoms. The van der Waals surface area contributed by atoms with Crippen LogP contribution in [0.3, 0.4) is 0 Å². The van der Waals surface area contributed by atoms with Crippen LogP contribution in [0.25, 0.3) is 0 Å². The fourth-order valence-corrected chi connectivity index (χ4v) is 1.81. The number of carboxylic acids is 1. The molecular weight excluding hydrogens is 258 g/mol. The highest BCUT2D eigenvalue weighted by Crippen LogP contribution is 2.23. The highest BCUT2D eigenvalue weighted by Gasteiger charge is 2.19. The van der Waals surface area contributed by atoms with Crippen LogP contribution in [0.5, 0.6) is 0 Å². The molecule has 2 N–H and O–H groups in total. The highest BCUT2D eigenvalue weighted by atomic mass is 16.6. The maximum Gasteiger partial charge on any atom is 0.412 e. The van der Waals surface area contributed by atoms with Crippen LogP contribution in [0.15, 0.2) is 24.3 Å². The predicted octanol–water partition coefficient (Wildman–Crippen LogP) is 3.61. The van der Waals surface area contributed by atoms with Crippen molar-refractivity contribution < 1.29 is 19.4 Å². The Morgan fingerprint density at radius 3 is 2.50 bits per heavy atom. The van der Waals surface area contributed by atoms with E-state index >= 15 is 0 Å². The molecule has 0 aromatic heterocycles. The van der Waals surface area contributed by atoms with Crippen LogP contribution in [-0.4, -0.2) is 22.8 Å². The molecule has 0 aliphatic rings. The summed E-state index contributed by atoms with van der Waals surface area (Å²) in [6.45, 7) is 7.15. The summed E-state index contributed by atoms with van der Waals surface area (Å²) in [6, 6.07) is 6.81. The van der Waals surface area contributed by atoms with E-state index in [1.165, 1.54) is 0 Å². The first-order valence-electron chi connectivity index (χ1n) is 6.55. The Labute approximate surface area is 118 Å². The maximum atomic E-state index is 11.7. The lowest BCUT2D eigenvalue weighted by Gasteiger charge is -2.20. The van der Waals surface area contributed by atoms with Crippen molar-refractivity contribution >= 4 is 17.7 Å². The fourth-order valence-electron chi connectivity index (χ4n) is 1.81. The summed E-state index contributed by atoms with van der Waals surface area (Å²) in [5, 5.41) is 11.7. The third kappa shape index (κ3) is 4.91. The van der Waals surface area contributed by atoms with Gasteiger partial charge in [0.25, 0.3) is 0 Å². The van der Waals surface area contributed by atoms with E-state index in [1.807, 2.05) is 6.92 Å².